The Morgan fingerprint density at radius 1 is 0.400 bits per heavy atom. The Kier molecular flexibility index (Phi) is 9.11. The molecule has 0 bridgehead atoms. The molecule has 0 aromatic heterocycles. The van der Waals surface area contributed by atoms with Crippen molar-refractivity contribution in [2.45, 2.75) is 13.1 Å². The average Bonchev–Trinajstić information content (AvgIpc) is 3.03. The Morgan fingerprint density at radius 2 is 0.725 bits per heavy atom. The lowest BCUT2D eigenvalue weighted by Crippen LogP contribution is -1.99. The molecule has 5 aromatic rings. The topological polar surface area (TPSA) is 24.7 Å². The van der Waals surface area contributed by atoms with Gasteiger partial charge in [0, 0.05) is 22.3 Å². The van der Waals surface area contributed by atoms with Crippen molar-refractivity contribution in [3.05, 3.63) is 179 Å². The highest BCUT2D eigenvalue weighted by molar-refractivity contribution is 6.13. The maximum atomic E-state index is 4.82. The van der Waals surface area contributed by atoms with Crippen LogP contribution in [0, 0.1) is 23.7 Å². The van der Waals surface area contributed by atoms with Crippen LogP contribution in [0.25, 0.3) is 0 Å². The Labute approximate surface area is 236 Å². The summed E-state index contributed by atoms with van der Waals surface area (Å²) in [4.78, 5) is 9.64. The smallest absolute Gasteiger partial charge is 0.115 e. The molecule has 0 unspecified atom stereocenters. The van der Waals surface area contributed by atoms with Crippen LogP contribution in [-0.2, 0) is 13.1 Å². The minimum absolute atomic E-state index is 0.587. The number of hydrogen-bond donors (Lipinski definition) is 0. The van der Waals surface area contributed by atoms with Crippen molar-refractivity contribution in [2.24, 2.45) is 9.98 Å². The molecule has 0 heterocycles. The Morgan fingerprint density at radius 3 is 1.07 bits per heavy atom. The van der Waals surface area contributed by atoms with Gasteiger partial charge in [0.05, 0.1) is 13.1 Å². The Bertz CT molecular complexity index is 1560. The van der Waals surface area contributed by atoms with E-state index in [2.05, 4.69) is 47.9 Å². The highest BCUT2D eigenvalue weighted by Crippen LogP contribution is 2.09. The third-order valence-electron chi connectivity index (χ3n) is 6.15. The zero-order chi connectivity index (χ0) is 27.2. The second-order valence-electron chi connectivity index (χ2n) is 9.11. The van der Waals surface area contributed by atoms with Gasteiger partial charge in [-0.25, -0.2) is 0 Å². The molecule has 0 atom stereocenters. The molecule has 0 aliphatic rings. The van der Waals surface area contributed by atoms with Gasteiger partial charge in [0.1, 0.15) is 11.4 Å². The lowest BCUT2D eigenvalue weighted by molar-refractivity contribution is 1.07. The predicted molar refractivity (Wildman–Crippen MR) is 166 cm³/mol. The van der Waals surface area contributed by atoms with Crippen molar-refractivity contribution in [2.75, 3.05) is 0 Å². The van der Waals surface area contributed by atoms with Gasteiger partial charge in [0.2, 0.25) is 0 Å². The normalized spacial score (nSPS) is 11.1. The molecular weight excluding hydrogens is 484 g/mol. The monoisotopic (exact) mass is 512 g/mol. The minimum Gasteiger partial charge on any atom is -0.271 e. The van der Waals surface area contributed by atoms with Crippen molar-refractivity contribution in [3.63, 3.8) is 0 Å². The maximum Gasteiger partial charge on any atom is 0.115 e. The lowest BCUT2D eigenvalue weighted by atomic mass is 10.1. The molecule has 5 rings (SSSR count). The van der Waals surface area contributed by atoms with E-state index in [1.54, 1.807) is 0 Å². The summed E-state index contributed by atoms with van der Waals surface area (Å²) >= 11 is 0. The van der Waals surface area contributed by atoms with E-state index in [1.165, 1.54) is 0 Å². The fourth-order valence-electron chi connectivity index (χ4n) is 4.01. The van der Waals surface area contributed by atoms with Gasteiger partial charge in [-0.3, -0.25) is 9.98 Å². The number of benzene rings is 5. The second-order valence-corrected chi connectivity index (χ2v) is 9.11. The minimum atomic E-state index is 0.587. The van der Waals surface area contributed by atoms with Crippen LogP contribution in [0.3, 0.4) is 0 Å². The first kappa shape index (κ1) is 26.2. The first-order valence-corrected chi connectivity index (χ1v) is 13.3. The Hall–Kier alpha value is -5.44. The van der Waals surface area contributed by atoms with Crippen molar-refractivity contribution >= 4 is 11.4 Å². The summed E-state index contributed by atoms with van der Waals surface area (Å²) < 4.78 is 0. The number of rotatable bonds is 6. The van der Waals surface area contributed by atoms with E-state index in [0.29, 0.717) is 13.1 Å². The fraction of sp³-hybridized carbons (Fsp3) is 0.0526. The van der Waals surface area contributed by atoms with Crippen molar-refractivity contribution in [3.8, 4) is 23.7 Å². The molecule has 190 valence electrons. The molecule has 0 spiro atoms. The quantitative estimate of drug-likeness (QED) is 0.164. The van der Waals surface area contributed by atoms with Crippen molar-refractivity contribution < 1.29 is 0 Å². The first-order valence-electron chi connectivity index (χ1n) is 13.3. The van der Waals surface area contributed by atoms with E-state index >= 15 is 0 Å². The first-order chi connectivity index (χ1) is 19.8. The summed E-state index contributed by atoms with van der Waals surface area (Å²) in [5.74, 6) is 13.1. The molecule has 5 aromatic carbocycles. The fourth-order valence-corrected chi connectivity index (χ4v) is 4.01. The van der Waals surface area contributed by atoms with E-state index in [9.17, 15) is 0 Å². The van der Waals surface area contributed by atoms with Gasteiger partial charge in [-0.05, 0) is 47.2 Å². The van der Waals surface area contributed by atoms with Crippen molar-refractivity contribution in [1.29, 1.82) is 0 Å². The summed E-state index contributed by atoms with van der Waals surface area (Å²) in [6.45, 7) is 1.17. The van der Waals surface area contributed by atoms with Crippen LogP contribution in [-0.4, -0.2) is 11.4 Å². The molecule has 0 saturated heterocycles. The third kappa shape index (κ3) is 7.78. The summed E-state index contributed by atoms with van der Waals surface area (Å²) in [5.41, 5.74) is 7.70. The molecule has 0 amide bonds. The third-order valence-corrected chi connectivity index (χ3v) is 6.15. The van der Waals surface area contributed by atoms with Crippen LogP contribution in [0.4, 0.5) is 0 Å². The maximum absolute atomic E-state index is 4.82. The largest absolute Gasteiger partial charge is 0.271 e. The SMILES string of the molecule is C(#Cc1ccc(C#CC(=NCc2ccccc2)c2ccccc2)cc1)C(=NCc1ccccc1)c1ccccc1. The molecule has 0 aliphatic carbocycles. The average molecular weight is 513 g/mol. The highest BCUT2D eigenvalue weighted by atomic mass is 14.7. The van der Waals surface area contributed by atoms with E-state index in [1.807, 2.05) is 121 Å². The number of nitrogens with zero attached hydrogens (tertiary/aromatic N) is 2. The molecule has 0 N–H and O–H groups in total. The zero-order valence-corrected chi connectivity index (χ0v) is 22.2. The molecular formula is C38H28N2. The van der Waals surface area contributed by atoms with E-state index in [0.717, 1.165) is 44.8 Å². The number of hydrogen-bond acceptors (Lipinski definition) is 2. The summed E-state index contributed by atoms with van der Waals surface area (Å²) in [6, 6.07) is 48.7. The molecule has 0 saturated carbocycles. The van der Waals surface area contributed by atoms with Gasteiger partial charge in [-0.1, -0.05) is 133 Å². The van der Waals surface area contributed by atoms with E-state index < -0.39 is 0 Å². The van der Waals surface area contributed by atoms with Crippen LogP contribution >= 0.6 is 0 Å². The molecule has 2 heteroatoms. The highest BCUT2D eigenvalue weighted by Gasteiger charge is 2.01. The molecule has 0 fully saturated rings. The van der Waals surface area contributed by atoms with Crippen LogP contribution in [0.2, 0.25) is 0 Å². The van der Waals surface area contributed by atoms with Gasteiger partial charge < -0.3 is 0 Å². The van der Waals surface area contributed by atoms with Gasteiger partial charge in [-0.15, -0.1) is 0 Å². The molecule has 2 nitrogen and oxygen atoms in total. The van der Waals surface area contributed by atoms with Crippen LogP contribution in [0.15, 0.2) is 156 Å². The predicted octanol–water partition coefficient (Wildman–Crippen LogP) is 7.77. The van der Waals surface area contributed by atoms with Crippen LogP contribution in [0.1, 0.15) is 33.4 Å². The second kappa shape index (κ2) is 13.9. The van der Waals surface area contributed by atoms with Gasteiger partial charge >= 0.3 is 0 Å². The summed E-state index contributed by atoms with van der Waals surface area (Å²) in [5, 5.41) is 0. The summed E-state index contributed by atoms with van der Waals surface area (Å²) in [6.07, 6.45) is 0. The Balaban J connectivity index is 1.35. The molecule has 40 heavy (non-hydrogen) atoms. The van der Waals surface area contributed by atoms with Gasteiger partial charge in [0.25, 0.3) is 0 Å². The van der Waals surface area contributed by atoms with Crippen LogP contribution in [0.5, 0.6) is 0 Å². The zero-order valence-electron chi connectivity index (χ0n) is 22.2. The summed E-state index contributed by atoms with van der Waals surface area (Å²) in [7, 11) is 0. The van der Waals surface area contributed by atoms with Gasteiger partial charge in [0.15, 0.2) is 0 Å². The van der Waals surface area contributed by atoms with E-state index in [4.69, 9.17) is 9.98 Å². The number of aliphatic imine (C=N–C) groups is 2. The van der Waals surface area contributed by atoms with E-state index in [-0.39, 0.29) is 0 Å². The standard InChI is InChI=1S/C38H28N2/c1-5-13-33(14-6-1)29-39-37(35-17-9-3-10-18-35)27-25-31-21-23-32(24-22-31)26-28-38(36-19-11-4-12-20-36)40-30-34-15-7-2-8-16-34/h1-24H,29-30H2. The van der Waals surface area contributed by atoms with Gasteiger partial charge in [-0.2, -0.15) is 0 Å². The van der Waals surface area contributed by atoms with Crippen molar-refractivity contribution in [1.82, 2.24) is 0 Å². The lowest BCUT2D eigenvalue weighted by Gasteiger charge is -2.01. The molecule has 0 aliphatic heterocycles. The molecule has 0 radical (unpaired) electrons. The van der Waals surface area contributed by atoms with Crippen LogP contribution < -0.4 is 0 Å².